The molecule has 0 bridgehead atoms. The Labute approximate surface area is 101 Å². The van der Waals surface area contributed by atoms with Gasteiger partial charge in [0.05, 0.1) is 0 Å². The summed E-state index contributed by atoms with van der Waals surface area (Å²) in [5.74, 6) is -1.74. The second-order valence-electron chi connectivity index (χ2n) is 4.33. The van der Waals surface area contributed by atoms with E-state index in [1.54, 1.807) is 6.08 Å². The molecule has 1 N–H and O–H groups in total. The molecule has 1 saturated carbocycles. The van der Waals surface area contributed by atoms with Gasteiger partial charge in [-0.1, -0.05) is 12.5 Å². The SMILES string of the molecule is C=CCC1(OC(=O)C=CC(=O)O)CCCCC1. The highest BCUT2D eigenvalue weighted by molar-refractivity contribution is 5.90. The van der Waals surface area contributed by atoms with Crippen molar-refractivity contribution in [3.8, 4) is 0 Å². The van der Waals surface area contributed by atoms with Crippen molar-refractivity contribution in [1.29, 1.82) is 0 Å². The van der Waals surface area contributed by atoms with Gasteiger partial charge in [-0.25, -0.2) is 9.59 Å². The van der Waals surface area contributed by atoms with Crippen LogP contribution < -0.4 is 0 Å². The summed E-state index contributed by atoms with van der Waals surface area (Å²) >= 11 is 0. The molecule has 0 heterocycles. The van der Waals surface area contributed by atoms with Crippen LogP contribution in [0.4, 0.5) is 0 Å². The highest BCUT2D eigenvalue weighted by atomic mass is 16.6. The molecule has 94 valence electrons. The normalized spacial score (nSPS) is 18.8. The molecule has 0 aliphatic heterocycles. The number of carboxylic acids is 1. The fourth-order valence-electron chi connectivity index (χ4n) is 2.19. The summed E-state index contributed by atoms with van der Waals surface area (Å²) in [6.07, 6.45) is 9.00. The van der Waals surface area contributed by atoms with Crippen LogP contribution in [0.1, 0.15) is 38.5 Å². The fourth-order valence-corrected chi connectivity index (χ4v) is 2.19. The molecule has 0 aromatic rings. The molecule has 0 amide bonds. The maximum atomic E-state index is 11.5. The molecule has 0 radical (unpaired) electrons. The fraction of sp³-hybridized carbons (Fsp3) is 0.538. The Bertz CT molecular complexity index is 324. The molecule has 0 saturated heterocycles. The van der Waals surface area contributed by atoms with Crippen LogP contribution in [-0.2, 0) is 14.3 Å². The van der Waals surface area contributed by atoms with Gasteiger partial charge in [-0.3, -0.25) is 0 Å². The van der Waals surface area contributed by atoms with E-state index in [-0.39, 0.29) is 0 Å². The first-order valence-electron chi connectivity index (χ1n) is 5.83. The van der Waals surface area contributed by atoms with Crippen molar-refractivity contribution in [3.05, 3.63) is 24.8 Å². The Morgan fingerprint density at radius 3 is 2.41 bits per heavy atom. The zero-order valence-corrected chi connectivity index (χ0v) is 9.85. The minimum atomic E-state index is -1.15. The van der Waals surface area contributed by atoms with E-state index in [0.717, 1.165) is 44.3 Å². The van der Waals surface area contributed by atoms with Crippen LogP contribution in [0, 0.1) is 0 Å². The summed E-state index contributed by atoms with van der Waals surface area (Å²) < 4.78 is 5.41. The summed E-state index contributed by atoms with van der Waals surface area (Å²) in [7, 11) is 0. The molecular weight excluding hydrogens is 220 g/mol. The van der Waals surface area contributed by atoms with Gasteiger partial charge >= 0.3 is 11.9 Å². The first-order chi connectivity index (χ1) is 8.08. The molecule has 1 aliphatic carbocycles. The van der Waals surface area contributed by atoms with Crippen molar-refractivity contribution < 1.29 is 19.4 Å². The quantitative estimate of drug-likeness (QED) is 0.454. The van der Waals surface area contributed by atoms with E-state index < -0.39 is 17.5 Å². The van der Waals surface area contributed by atoms with Gasteiger partial charge in [0.1, 0.15) is 5.60 Å². The van der Waals surface area contributed by atoms with E-state index in [0.29, 0.717) is 6.42 Å². The monoisotopic (exact) mass is 238 g/mol. The molecule has 0 spiro atoms. The standard InChI is InChI=1S/C13H18O4/c1-2-8-13(9-4-3-5-10-13)17-12(16)7-6-11(14)15/h2,6-7H,1,3-5,8-10H2,(H,14,15). The molecule has 17 heavy (non-hydrogen) atoms. The van der Waals surface area contributed by atoms with E-state index in [1.807, 2.05) is 0 Å². The molecule has 1 rings (SSSR count). The molecule has 0 aromatic carbocycles. The van der Waals surface area contributed by atoms with Crippen molar-refractivity contribution in [3.63, 3.8) is 0 Å². The second kappa shape index (κ2) is 6.23. The van der Waals surface area contributed by atoms with Crippen LogP contribution in [0.25, 0.3) is 0 Å². The number of aliphatic carboxylic acids is 1. The van der Waals surface area contributed by atoms with Crippen LogP contribution in [0.3, 0.4) is 0 Å². The Morgan fingerprint density at radius 1 is 1.24 bits per heavy atom. The van der Waals surface area contributed by atoms with Crippen LogP contribution in [0.15, 0.2) is 24.8 Å². The first-order valence-corrected chi connectivity index (χ1v) is 5.83. The Hall–Kier alpha value is -1.58. The van der Waals surface area contributed by atoms with E-state index >= 15 is 0 Å². The third-order valence-electron chi connectivity index (χ3n) is 2.96. The lowest BCUT2D eigenvalue weighted by Crippen LogP contribution is -2.36. The number of ether oxygens (including phenoxy) is 1. The average molecular weight is 238 g/mol. The minimum Gasteiger partial charge on any atom is -0.478 e. The van der Waals surface area contributed by atoms with Gasteiger partial charge in [-0.2, -0.15) is 0 Å². The van der Waals surface area contributed by atoms with Gasteiger partial charge in [0.15, 0.2) is 0 Å². The topological polar surface area (TPSA) is 63.6 Å². The molecule has 0 aromatic heterocycles. The third-order valence-corrected chi connectivity index (χ3v) is 2.96. The number of hydrogen-bond acceptors (Lipinski definition) is 3. The lowest BCUT2D eigenvalue weighted by molar-refractivity contribution is -0.157. The largest absolute Gasteiger partial charge is 0.478 e. The van der Waals surface area contributed by atoms with Crippen LogP contribution in [0.2, 0.25) is 0 Å². The number of esters is 1. The summed E-state index contributed by atoms with van der Waals surface area (Å²) in [6.45, 7) is 3.68. The van der Waals surface area contributed by atoms with Crippen LogP contribution in [-0.4, -0.2) is 22.6 Å². The molecular formula is C13H18O4. The maximum absolute atomic E-state index is 11.5. The Kier molecular flexibility index (Phi) is 4.94. The molecule has 0 atom stereocenters. The highest BCUT2D eigenvalue weighted by Gasteiger charge is 2.34. The van der Waals surface area contributed by atoms with Crippen molar-refractivity contribution >= 4 is 11.9 Å². The molecule has 1 fully saturated rings. The number of hydrogen-bond donors (Lipinski definition) is 1. The van der Waals surface area contributed by atoms with Gasteiger partial charge in [0, 0.05) is 18.6 Å². The molecule has 1 aliphatic rings. The summed E-state index contributed by atoms with van der Waals surface area (Å²) in [4.78, 5) is 21.8. The Morgan fingerprint density at radius 2 is 1.88 bits per heavy atom. The highest BCUT2D eigenvalue weighted by Crippen LogP contribution is 2.34. The minimum absolute atomic E-state index is 0.472. The van der Waals surface area contributed by atoms with Gasteiger partial charge in [0.25, 0.3) is 0 Å². The van der Waals surface area contributed by atoms with Gasteiger partial charge in [0.2, 0.25) is 0 Å². The van der Waals surface area contributed by atoms with Crippen molar-refractivity contribution in [2.24, 2.45) is 0 Å². The van der Waals surface area contributed by atoms with E-state index in [4.69, 9.17) is 9.84 Å². The maximum Gasteiger partial charge on any atom is 0.331 e. The summed E-state index contributed by atoms with van der Waals surface area (Å²) in [6, 6.07) is 0. The number of carboxylic acid groups (broad SMARTS) is 1. The van der Waals surface area contributed by atoms with Crippen LogP contribution >= 0.6 is 0 Å². The zero-order valence-electron chi connectivity index (χ0n) is 9.85. The number of carbonyl (C=O) groups excluding carboxylic acids is 1. The zero-order chi connectivity index (χ0) is 12.7. The van der Waals surface area contributed by atoms with E-state index in [9.17, 15) is 9.59 Å². The van der Waals surface area contributed by atoms with Crippen molar-refractivity contribution in [2.75, 3.05) is 0 Å². The molecule has 4 nitrogen and oxygen atoms in total. The lowest BCUT2D eigenvalue weighted by Gasteiger charge is -2.35. The van der Waals surface area contributed by atoms with Crippen molar-refractivity contribution in [2.45, 2.75) is 44.1 Å². The Balaban J connectivity index is 2.62. The average Bonchev–Trinajstić information content (AvgIpc) is 2.28. The van der Waals surface area contributed by atoms with Crippen molar-refractivity contribution in [1.82, 2.24) is 0 Å². The predicted molar refractivity (Wildman–Crippen MR) is 63.5 cm³/mol. The van der Waals surface area contributed by atoms with E-state index in [1.165, 1.54) is 0 Å². The van der Waals surface area contributed by atoms with Gasteiger partial charge in [-0.05, 0) is 25.7 Å². The second-order valence-corrected chi connectivity index (χ2v) is 4.33. The van der Waals surface area contributed by atoms with Gasteiger partial charge in [-0.15, -0.1) is 6.58 Å². The number of carbonyl (C=O) groups is 2. The predicted octanol–water partition coefficient (Wildman–Crippen LogP) is 2.45. The van der Waals surface area contributed by atoms with Gasteiger partial charge < -0.3 is 9.84 Å². The molecule has 4 heteroatoms. The summed E-state index contributed by atoms with van der Waals surface area (Å²) in [5, 5.41) is 8.43. The third kappa shape index (κ3) is 4.43. The lowest BCUT2D eigenvalue weighted by atomic mass is 9.82. The smallest absolute Gasteiger partial charge is 0.331 e. The summed E-state index contributed by atoms with van der Waals surface area (Å²) in [5.41, 5.74) is -0.472. The number of rotatable bonds is 5. The first kappa shape index (κ1) is 13.5. The van der Waals surface area contributed by atoms with Crippen LogP contribution in [0.5, 0.6) is 0 Å². The van der Waals surface area contributed by atoms with E-state index in [2.05, 4.69) is 6.58 Å². The molecule has 0 unspecified atom stereocenters.